The molecule has 2 aromatic rings. The number of nitriles is 1. The number of benzene rings is 2. The highest BCUT2D eigenvalue weighted by Gasteiger charge is 2.06. The van der Waals surface area contributed by atoms with Crippen molar-refractivity contribution in [1.82, 2.24) is 0 Å². The largest absolute Gasteiger partial charge is 0.192 e. The summed E-state index contributed by atoms with van der Waals surface area (Å²) in [5.41, 5.74) is 1.96. The molecule has 0 amide bonds. The Balaban J connectivity index is 2.35. The van der Waals surface area contributed by atoms with Crippen molar-refractivity contribution in [1.29, 1.82) is 5.26 Å². The molecular formula is C14H10BrNS. The van der Waals surface area contributed by atoms with Crippen LogP contribution in [0, 0.1) is 11.3 Å². The molecule has 0 aliphatic heterocycles. The number of hydrogen-bond acceptors (Lipinski definition) is 2. The Morgan fingerprint density at radius 1 is 1.00 bits per heavy atom. The Hall–Kier alpha value is -1.24. The van der Waals surface area contributed by atoms with Gasteiger partial charge >= 0.3 is 0 Å². The van der Waals surface area contributed by atoms with E-state index >= 15 is 0 Å². The van der Waals surface area contributed by atoms with E-state index in [2.05, 4.69) is 34.1 Å². The number of halogens is 1. The van der Waals surface area contributed by atoms with Crippen LogP contribution in [0.3, 0.4) is 0 Å². The van der Waals surface area contributed by atoms with Crippen LogP contribution in [0.4, 0.5) is 0 Å². The molecule has 0 unspecified atom stereocenters. The number of rotatable bonds is 3. The van der Waals surface area contributed by atoms with Crippen molar-refractivity contribution >= 4 is 27.7 Å². The minimum Gasteiger partial charge on any atom is -0.192 e. The van der Waals surface area contributed by atoms with E-state index < -0.39 is 0 Å². The molecule has 1 nitrogen and oxygen atoms in total. The van der Waals surface area contributed by atoms with Crippen LogP contribution in [0.1, 0.15) is 11.1 Å². The molecule has 0 saturated heterocycles. The maximum Gasteiger partial charge on any atom is 0.100 e. The zero-order valence-electron chi connectivity index (χ0n) is 9.06. The van der Waals surface area contributed by atoms with E-state index in [1.807, 2.05) is 36.4 Å². The Bertz CT molecular complexity index is 560. The van der Waals surface area contributed by atoms with Crippen LogP contribution in [0.2, 0.25) is 0 Å². The van der Waals surface area contributed by atoms with Crippen LogP contribution in [0.5, 0.6) is 0 Å². The van der Waals surface area contributed by atoms with Gasteiger partial charge in [0.1, 0.15) is 6.07 Å². The number of nitrogens with zero attached hydrogens (tertiary/aromatic N) is 1. The summed E-state index contributed by atoms with van der Waals surface area (Å²) in [6, 6.07) is 18.1. The van der Waals surface area contributed by atoms with Crippen molar-refractivity contribution in [3.8, 4) is 6.07 Å². The van der Waals surface area contributed by atoms with Gasteiger partial charge in [0.15, 0.2) is 0 Å². The summed E-state index contributed by atoms with van der Waals surface area (Å²) in [6.45, 7) is 0. The third-order valence-corrected chi connectivity index (χ3v) is 4.14. The third-order valence-electron chi connectivity index (χ3n) is 2.34. The number of hydrogen-bond donors (Lipinski definition) is 0. The molecule has 0 aromatic heterocycles. The minimum absolute atomic E-state index is 0.724. The predicted octanol–water partition coefficient (Wildman–Crippen LogP) is 4.60. The van der Waals surface area contributed by atoms with Gasteiger partial charge < -0.3 is 0 Å². The van der Waals surface area contributed by atoms with Crippen molar-refractivity contribution < 1.29 is 0 Å². The second kappa shape index (κ2) is 5.90. The molecule has 17 heavy (non-hydrogen) atoms. The standard InChI is InChI=1S/C14H10BrNS/c15-9-11-5-1-3-7-13(11)17-14-8-4-2-6-12(14)10-16/h1-8H,9H2. The first-order chi connectivity index (χ1) is 8.35. The lowest BCUT2D eigenvalue weighted by Crippen LogP contribution is -1.84. The second-order valence-electron chi connectivity index (χ2n) is 3.45. The molecule has 0 fully saturated rings. The van der Waals surface area contributed by atoms with Crippen LogP contribution in [0.25, 0.3) is 0 Å². The van der Waals surface area contributed by atoms with Gasteiger partial charge in [0.2, 0.25) is 0 Å². The van der Waals surface area contributed by atoms with E-state index in [9.17, 15) is 0 Å². The van der Waals surface area contributed by atoms with Crippen LogP contribution >= 0.6 is 27.7 Å². The normalized spacial score (nSPS) is 9.88. The molecule has 0 heterocycles. The summed E-state index contributed by atoms with van der Waals surface area (Å²) in [5.74, 6) is 0. The van der Waals surface area contributed by atoms with E-state index in [0.29, 0.717) is 0 Å². The van der Waals surface area contributed by atoms with Crippen LogP contribution in [-0.4, -0.2) is 0 Å². The molecule has 0 spiro atoms. The Morgan fingerprint density at radius 2 is 1.65 bits per heavy atom. The monoisotopic (exact) mass is 303 g/mol. The fraction of sp³-hybridized carbons (Fsp3) is 0.0714. The van der Waals surface area contributed by atoms with Gasteiger partial charge in [-0.3, -0.25) is 0 Å². The summed E-state index contributed by atoms with van der Waals surface area (Å²) in [5, 5.41) is 9.87. The lowest BCUT2D eigenvalue weighted by Gasteiger charge is -2.07. The van der Waals surface area contributed by atoms with E-state index in [-0.39, 0.29) is 0 Å². The average molecular weight is 304 g/mol. The van der Waals surface area contributed by atoms with Crippen LogP contribution < -0.4 is 0 Å². The smallest absolute Gasteiger partial charge is 0.100 e. The van der Waals surface area contributed by atoms with Crippen LogP contribution in [0.15, 0.2) is 58.3 Å². The number of alkyl halides is 1. The first kappa shape index (κ1) is 12.2. The molecule has 0 aliphatic rings. The first-order valence-corrected chi connectivity index (χ1v) is 7.10. The Morgan fingerprint density at radius 3 is 2.35 bits per heavy atom. The van der Waals surface area contributed by atoms with Crippen molar-refractivity contribution in [3.63, 3.8) is 0 Å². The van der Waals surface area contributed by atoms with Gasteiger partial charge in [0.25, 0.3) is 0 Å². The molecular weight excluding hydrogens is 294 g/mol. The summed E-state index contributed by atoms with van der Waals surface area (Å²) >= 11 is 5.12. The van der Waals surface area contributed by atoms with Gasteiger partial charge in [0, 0.05) is 15.1 Å². The SMILES string of the molecule is N#Cc1ccccc1Sc1ccccc1CBr. The Kier molecular flexibility index (Phi) is 4.24. The van der Waals surface area contributed by atoms with Gasteiger partial charge in [-0.25, -0.2) is 0 Å². The van der Waals surface area contributed by atoms with Gasteiger partial charge in [-0.1, -0.05) is 58.0 Å². The van der Waals surface area contributed by atoms with Crippen molar-refractivity contribution in [3.05, 3.63) is 59.7 Å². The highest BCUT2D eigenvalue weighted by molar-refractivity contribution is 9.08. The first-order valence-electron chi connectivity index (χ1n) is 5.16. The zero-order valence-corrected chi connectivity index (χ0v) is 11.5. The minimum atomic E-state index is 0.724. The van der Waals surface area contributed by atoms with Gasteiger partial charge in [-0.05, 0) is 23.8 Å². The topological polar surface area (TPSA) is 23.8 Å². The van der Waals surface area contributed by atoms with Crippen LogP contribution in [-0.2, 0) is 5.33 Å². The second-order valence-corrected chi connectivity index (χ2v) is 5.10. The zero-order chi connectivity index (χ0) is 12.1. The van der Waals surface area contributed by atoms with Crippen molar-refractivity contribution in [2.75, 3.05) is 0 Å². The van der Waals surface area contributed by atoms with E-state index in [1.165, 1.54) is 10.5 Å². The molecule has 0 atom stereocenters. The Labute approximate surface area is 114 Å². The third kappa shape index (κ3) is 2.91. The summed E-state index contributed by atoms with van der Waals surface area (Å²) < 4.78 is 0. The lowest BCUT2D eigenvalue weighted by atomic mass is 10.2. The molecule has 0 N–H and O–H groups in total. The maximum absolute atomic E-state index is 9.05. The molecule has 0 saturated carbocycles. The van der Waals surface area contributed by atoms with Gasteiger partial charge in [-0.2, -0.15) is 5.26 Å². The summed E-state index contributed by atoms with van der Waals surface area (Å²) in [7, 11) is 0. The molecule has 2 aromatic carbocycles. The summed E-state index contributed by atoms with van der Waals surface area (Å²) in [4.78, 5) is 2.19. The maximum atomic E-state index is 9.05. The highest BCUT2D eigenvalue weighted by atomic mass is 79.9. The highest BCUT2D eigenvalue weighted by Crippen LogP contribution is 2.33. The van der Waals surface area contributed by atoms with Crippen molar-refractivity contribution in [2.24, 2.45) is 0 Å². The van der Waals surface area contributed by atoms with E-state index in [0.717, 1.165) is 15.8 Å². The van der Waals surface area contributed by atoms with Gasteiger partial charge in [-0.15, -0.1) is 0 Å². The average Bonchev–Trinajstić information content (AvgIpc) is 2.40. The fourth-order valence-corrected chi connectivity index (χ4v) is 3.18. The molecule has 2 rings (SSSR count). The predicted molar refractivity (Wildman–Crippen MR) is 74.4 cm³/mol. The molecule has 0 radical (unpaired) electrons. The molecule has 0 aliphatic carbocycles. The molecule has 0 bridgehead atoms. The summed E-state index contributed by atoms with van der Waals surface area (Å²) in [6.07, 6.45) is 0. The molecule has 3 heteroatoms. The quantitative estimate of drug-likeness (QED) is 0.774. The van der Waals surface area contributed by atoms with Gasteiger partial charge in [0.05, 0.1) is 5.56 Å². The van der Waals surface area contributed by atoms with Crippen molar-refractivity contribution in [2.45, 2.75) is 15.1 Å². The van der Waals surface area contributed by atoms with E-state index in [4.69, 9.17) is 5.26 Å². The van der Waals surface area contributed by atoms with E-state index in [1.54, 1.807) is 11.8 Å². The molecule has 84 valence electrons. The fourth-order valence-electron chi connectivity index (χ4n) is 1.48. The lowest BCUT2D eigenvalue weighted by molar-refractivity contribution is 1.27.